The predicted octanol–water partition coefficient (Wildman–Crippen LogP) is 5.12. The van der Waals surface area contributed by atoms with E-state index >= 15 is 4.79 Å². The Kier molecular flexibility index (Phi) is 12.6. The number of esters is 1. The first-order valence-electron chi connectivity index (χ1n) is 17.9. The number of hydrogen-bond acceptors (Lipinski definition) is 8. The highest BCUT2D eigenvalue weighted by molar-refractivity contribution is 9.09. The fourth-order valence-corrected chi connectivity index (χ4v) is 9.07. The number of carbonyl (C=O) groups excluding carboxylic acids is 4. The largest absolute Gasteiger partial charge is 0.497 e. The Hall–Kier alpha value is -4.00. The Bertz CT molecular complexity index is 1620. The number of aliphatic hydroxyl groups is 1. The third kappa shape index (κ3) is 7.56. The number of nitrogens with zero attached hydrogens (tertiary/aromatic N) is 2. The zero-order valence-electron chi connectivity index (χ0n) is 30.3. The first-order valence-corrected chi connectivity index (χ1v) is 18.8. The fourth-order valence-electron chi connectivity index (χ4n) is 8.13. The molecule has 2 bridgehead atoms. The molecule has 11 nitrogen and oxygen atoms in total. The first-order chi connectivity index (χ1) is 24.9. The standard InChI is InChI=1S/C40H50BrN3O8/c1-7-9-15-31(46)42-25(5)34(26-13-11-10-12-14-26)51-39(49)32-33-37(47)44(28(23-45)21-24(3)4)36(40(33)22-30(41)35(32)52-40)38(48)43(20-8-2)27-16-18-29(50-6)19-17-27/h7-8,10-14,16-19,24-25,28,30,32-36,45H,1-2,9,15,20-23H2,3-6H3,(H,42,46)/t25-,28+,30?,32+,33-,34-,35+,36+,40-/m0/s1. The summed E-state index contributed by atoms with van der Waals surface area (Å²) in [6.07, 6.45) is 3.08. The number of aliphatic hydroxyl groups excluding tert-OH is 1. The summed E-state index contributed by atoms with van der Waals surface area (Å²) in [5.41, 5.74) is -0.151. The fraction of sp³-hybridized carbons (Fsp3) is 0.500. The number of hydrogen-bond donors (Lipinski definition) is 2. The van der Waals surface area contributed by atoms with Gasteiger partial charge in [-0.3, -0.25) is 19.2 Å². The second-order valence-electron chi connectivity index (χ2n) is 14.3. The smallest absolute Gasteiger partial charge is 0.313 e. The van der Waals surface area contributed by atoms with E-state index in [1.165, 1.54) is 4.90 Å². The number of nitrogens with one attached hydrogen (secondary N) is 1. The molecule has 3 aliphatic rings. The molecule has 2 aromatic carbocycles. The number of fused-ring (bicyclic) bond motifs is 1. The molecule has 3 aliphatic heterocycles. The van der Waals surface area contributed by atoms with Crippen molar-refractivity contribution in [1.82, 2.24) is 10.2 Å². The summed E-state index contributed by atoms with van der Waals surface area (Å²) >= 11 is 3.74. The van der Waals surface area contributed by atoms with Gasteiger partial charge in [0.2, 0.25) is 11.8 Å². The molecule has 280 valence electrons. The van der Waals surface area contributed by atoms with Gasteiger partial charge in [-0.15, -0.1) is 13.2 Å². The van der Waals surface area contributed by atoms with Gasteiger partial charge in [-0.1, -0.05) is 72.3 Å². The summed E-state index contributed by atoms with van der Waals surface area (Å²) in [5.74, 6) is -3.13. The molecule has 0 radical (unpaired) electrons. The van der Waals surface area contributed by atoms with Crippen LogP contribution in [0.1, 0.15) is 58.1 Å². The van der Waals surface area contributed by atoms with Crippen LogP contribution < -0.4 is 15.0 Å². The number of anilines is 1. The average molecular weight is 781 g/mol. The lowest BCUT2D eigenvalue weighted by Gasteiger charge is -2.39. The number of benzene rings is 2. The lowest BCUT2D eigenvalue weighted by molar-refractivity contribution is -0.162. The van der Waals surface area contributed by atoms with Crippen LogP contribution in [-0.2, 0) is 28.7 Å². The van der Waals surface area contributed by atoms with Crippen molar-refractivity contribution in [2.75, 3.05) is 25.2 Å². The Balaban J connectivity index is 1.55. The van der Waals surface area contributed by atoms with Gasteiger partial charge in [0, 0.05) is 23.5 Å². The van der Waals surface area contributed by atoms with Crippen LogP contribution >= 0.6 is 15.9 Å². The number of halogens is 1. The van der Waals surface area contributed by atoms with Crippen molar-refractivity contribution in [3.05, 3.63) is 85.5 Å². The second-order valence-corrected chi connectivity index (χ2v) is 15.4. The number of rotatable bonds is 17. The van der Waals surface area contributed by atoms with E-state index in [1.54, 1.807) is 55.4 Å². The molecule has 2 aromatic rings. The van der Waals surface area contributed by atoms with Crippen LogP contribution in [-0.4, -0.2) is 88.6 Å². The molecule has 0 aliphatic carbocycles. The number of ether oxygens (including phenoxy) is 3. The third-order valence-electron chi connectivity index (χ3n) is 10.3. The number of amides is 3. The predicted molar refractivity (Wildman–Crippen MR) is 201 cm³/mol. The lowest BCUT2D eigenvalue weighted by Crippen LogP contribution is -2.59. The van der Waals surface area contributed by atoms with Gasteiger partial charge in [-0.2, -0.15) is 0 Å². The van der Waals surface area contributed by atoms with Gasteiger partial charge >= 0.3 is 5.97 Å². The monoisotopic (exact) mass is 779 g/mol. The van der Waals surface area contributed by atoms with Crippen molar-refractivity contribution in [2.24, 2.45) is 17.8 Å². The molecule has 1 spiro atoms. The molecular weight excluding hydrogens is 730 g/mol. The summed E-state index contributed by atoms with van der Waals surface area (Å²) < 4.78 is 18.4. The van der Waals surface area contributed by atoms with E-state index in [2.05, 4.69) is 34.4 Å². The number of methoxy groups -OCH3 is 1. The maximum absolute atomic E-state index is 15.0. The van der Waals surface area contributed by atoms with Gasteiger partial charge in [-0.05, 0) is 61.9 Å². The number of alkyl halides is 1. The van der Waals surface area contributed by atoms with Crippen LogP contribution in [0.5, 0.6) is 5.75 Å². The van der Waals surface area contributed by atoms with Gasteiger partial charge in [0.05, 0.1) is 43.7 Å². The summed E-state index contributed by atoms with van der Waals surface area (Å²) in [6, 6.07) is 13.7. The van der Waals surface area contributed by atoms with Crippen LogP contribution in [0.4, 0.5) is 5.69 Å². The van der Waals surface area contributed by atoms with Gasteiger partial charge in [0.1, 0.15) is 23.5 Å². The molecule has 0 aromatic heterocycles. The van der Waals surface area contributed by atoms with Crippen LogP contribution in [0.25, 0.3) is 0 Å². The molecule has 3 heterocycles. The van der Waals surface area contributed by atoms with Crippen molar-refractivity contribution in [3.8, 4) is 5.75 Å². The third-order valence-corrected chi connectivity index (χ3v) is 11.2. The van der Waals surface area contributed by atoms with E-state index in [0.29, 0.717) is 29.8 Å². The van der Waals surface area contributed by atoms with Crippen molar-refractivity contribution in [2.45, 2.75) is 87.2 Å². The highest BCUT2D eigenvalue weighted by Crippen LogP contribution is 2.61. The number of likely N-dealkylation sites (tertiary alicyclic amines) is 1. The van der Waals surface area contributed by atoms with E-state index < -0.39 is 65.6 Å². The number of carbonyl (C=O) groups is 4. The molecule has 0 saturated carbocycles. The van der Waals surface area contributed by atoms with E-state index in [4.69, 9.17) is 14.2 Å². The van der Waals surface area contributed by atoms with Crippen LogP contribution in [0, 0.1) is 17.8 Å². The highest BCUT2D eigenvalue weighted by atomic mass is 79.9. The molecule has 5 rings (SSSR count). The molecule has 3 amide bonds. The maximum atomic E-state index is 15.0. The first kappa shape index (κ1) is 39.2. The number of allylic oxidation sites excluding steroid dienone is 1. The maximum Gasteiger partial charge on any atom is 0.313 e. The van der Waals surface area contributed by atoms with Crippen LogP contribution in [0.3, 0.4) is 0 Å². The van der Waals surface area contributed by atoms with Gasteiger partial charge in [-0.25, -0.2) is 0 Å². The topological polar surface area (TPSA) is 135 Å². The molecule has 3 fully saturated rings. The average Bonchev–Trinajstić information content (AvgIpc) is 3.73. The van der Waals surface area contributed by atoms with Crippen molar-refractivity contribution in [1.29, 1.82) is 0 Å². The lowest BCUT2D eigenvalue weighted by atomic mass is 9.70. The summed E-state index contributed by atoms with van der Waals surface area (Å²) in [7, 11) is 1.56. The van der Waals surface area contributed by atoms with Crippen LogP contribution in [0.2, 0.25) is 0 Å². The van der Waals surface area contributed by atoms with E-state index in [1.807, 2.05) is 44.2 Å². The minimum Gasteiger partial charge on any atom is -0.497 e. The van der Waals surface area contributed by atoms with Gasteiger partial charge in [0.15, 0.2) is 0 Å². The van der Waals surface area contributed by atoms with Crippen molar-refractivity contribution >= 4 is 45.3 Å². The summed E-state index contributed by atoms with van der Waals surface area (Å²) in [6.45, 7) is 13.1. The van der Waals surface area contributed by atoms with Crippen molar-refractivity contribution in [3.63, 3.8) is 0 Å². The Morgan fingerprint density at radius 2 is 1.81 bits per heavy atom. The van der Waals surface area contributed by atoms with E-state index in [9.17, 15) is 19.5 Å². The zero-order chi connectivity index (χ0) is 37.7. The summed E-state index contributed by atoms with van der Waals surface area (Å²) in [4.78, 5) is 59.8. The van der Waals surface area contributed by atoms with Crippen molar-refractivity contribution < 1.29 is 38.5 Å². The molecule has 52 heavy (non-hydrogen) atoms. The molecule has 9 atom stereocenters. The Morgan fingerprint density at radius 1 is 1.12 bits per heavy atom. The molecule has 1 unspecified atom stereocenters. The molecule has 2 N–H and O–H groups in total. The quantitative estimate of drug-likeness (QED) is 0.128. The normalized spacial score (nSPS) is 26.3. The molecular formula is C40H50BrN3O8. The van der Waals surface area contributed by atoms with Crippen LogP contribution in [0.15, 0.2) is 79.9 Å². The van der Waals surface area contributed by atoms with E-state index in [-0.39, 0.29) is 42.6 Å². The Labute approximate surface area is 314 Å². The summed E-state index contributed by atoms with van der Waals surface area (Å²) in [5, 5.41) is 13.7. The molecule has 3 saturated heterocycles. The van der Waals surface area contributed by atoms with E-state index in [0.717, 1.165) is 0 Å². The minimum absolute atomic E-state index is 0.0845. The zero-order valence-corrected chi connectivity index (χ0v) is 31.9. The SMILES string of the molecule is C=CCCC(=O)N[C@@H](C)[C@H](OC(=O)[C@H]1[C@@H]2O[C@@]3(CC2Br)[C@@H]1C(=O)N([C@@H](CO)CC(C)C)[C@@H]3C(=O)N(CC=C)c1ccc(OC)cc1)c1ccccc1. The second kappa shape index (κ2) is 16.8. The minimum atomic E-state index is -1.39. The van der Waals surface area contributed by atoms with Gasteiger partial charge < -0.3 is 34.4 Å². The molecule has 12 heteroatoms. The highest BCUT2D eigenvalue weighted by Gasteiger charge is 2.77. The van der Waals surface area contributed by atoms with Gasteiger partial charge in [0.25, 0.3) is 5.91 Å². The Morgan fingerprint density at radius 3 is 2.40 bits per heavy atom.